The molecule has 1 aromatic carbocycles. The van der Waals surface area contributed by atoms with E-state index in [1.807, 2.05) is 24.3 Å². The summed E-state index contributed by atoms with van der Waals surface area (Å²) in [6.07, 6.45) is 5.80. The standard InChI is InChI=1S/C16H21NO2/c1-2-3-11-16(19)14-10-5-4-9-13(14)15(18)17(16)12-7-6-8-12/h4-5,9-10,12,19H,2-3,6-8,11H2,1H3. The molecule has 1 N–H and O–H groups in total. The summed E-state index contributed by atoms with van der Waals surface area (Å²) in [4.78, 5) is 14.3. The molecule has 1 aromatic rings. The lowest BCUT2D eigenvalue weighted by Crippen LogP contribution is -2.52. The lowest BCUT2D eigenvalue weighted by atomic mass is 9.88. The van der Waals surface area contributed by atoms with Gasteiger partial charge in [0.05, 0.1) is 0 Å². The molecule has 1 atom stereocenters. The molecular formula is C16H21NO2. The molecule has 0 saturated heterocycles. The van der Waals surface area contributed by atoms with E-state index in [0.717, 1.165) is 37.7 Å². The Bertz CT molecular complexity index is 495. The minimum absolute atomic E-state index is 0.0129. The summed E-state index contributed by atoms with van der Waals surface area (Å²) in [5.41, 5.74) is 0.419. The number of amides is 1. The fraction of sp³-hybridized carbons (Fsp3) is 0.562. The van der Waals surface area contributed by atoms with Crippen LogP contribution in [0.15, 0.2) is 24.3 Å². The van der Waals surface area contributed by atoms with Gasteiger partial charge in [0, 0.05) is 17.2 Å². The van der Waals surface area contributed by atoms with Gasteiger partial charge in [-0.1, -0.05) is 31.5 Å². The van der Waals surface area contributed by atoms with Crippen molar-refractivity contribution in [3.63, 3.8) is 0 Å². The minimum Gasteiger partial charge on any atom is -0.367 e. The van der Waals surface area contributed by atoms with Gasteiger partial charge < -0.3 is 10.0 Å². The van der Waals surface area contributed by atoms with E-state index in [9.17, 15) is 9.90 Å². The van der Waals surface area contributed by atoms with Crippen molar-refractivity contribution in [3.05, 3.63) is 35.4 Å². The first kappa shape index (κ1) is 12.7. The number of hydrogen-bond donors (Lipinski definition) is 1. The molecule has 3 nitrogen and oxygen atoms in total. The summed E-state index contributed by atoms with van der Waals surface area (Å²) in [6.45, 7) is 2.11. The van der Waals surface area contributed by atoms with Crippen LogP contribution in [-0.4, -0.2) is 22.0 Å². The van der Waals surface area contributed by atoms with E-state index in [0.29, 0.717) is 12.0 Å². The first-order chi connectivity index (χ1) is 9.18. The lowest BCUT2D eigenvalue weighted by Gasteiger charge is -2.44. The van der Waals surface area contributed by atoms with Crippen molar-refractivity contribution in [3.8, 4) is 0 Å². The van der Waals surface area contributed by atoms with Crippen molar-refractivity contribution in [1.82, 2.24) is 4.90 Å². The summed E-state index contributed by atoms with van der Waals surface area (Å²) >= 11 is 0. The molecule has 1 aliphatic carbocycles. The molecule has 1 unspecified atom stereocenters. The Kier molecular flexibility index (Phi) is 3.09. The monoisotopic (exact) mass is 259 g/mol. The second-order valence-electron chi connectivity index (χ2n) is 5.73. The molecule has 1 fully saturated rings. The lowest BCUT2D eigenvalue weighted by molar-refractivity contribution is -0.120. The summed E-state index contributed by atoms with van der Waals surface area (Å²) in [5.74, 6) is 0.0129. The Labute approximate surface area is 114 Å². The van der Waals surface area contributed by atoms with Gasteiger partial charge in [-0.3, -0.25) is 4.79 Å². The van der Waals surface area contributed by atoms with E-state index < -0.39 is 5.72 Å². The largest absolute Gasteiger partial charge is 0.367 e. The molecule has 1 saturated carbocycles. The molecule has 0 radical (unpaired) electrons. The highest BCUT2D eigenvalue weighted by atomic mass is 16.3. The van der Waals surface area contributed by atoms with Gasteiger partial charge in [0.1, 0.15) is 0 Å². The quantitative estimate of drug-likeness (QED) is 0.903. The Balaban J connectivity index is 2.02. The van der Waals surface area contributed by atoms with Gasteiger partial charge in [0.15, 0.2) is 5.72 Å². The predicted molar refractivity (Wildman–Crippen MR) is 73.7 cm³/mol. The van der Waals surface area contributed by atoms with Gasteiger partial charge in [-0.05, 0) is 38.2 Å². The van der Waals surface area contributed by atoms with Crippen molar-refractivity contribution in [2.24, 2.45) is 0 Å². The average Bonchev–Trinajstić information content (AvgIpc) is 2.58. The zero-order valence-electron chi connectivity index (χ0n) is 11.4. The van der Waals surface area contributed by atoms with Gasteiger partial charge >= 0.3 is 0 Å². The van der Waals surface area contributed by atoms with Crippen LogP contribution in [0.25, 0.3) is 0 Å². The first-order valence-corrected chi connectivity index (χ1v) is 7.34. The van der Waals surface area contributed by atoms with E-state index in [2.05, 4.69) is 6.92 Å². The molecule has 3 heteroatoms. The number of rotatable bonds is 4. The zero-order chi connectivity index (χ0) is 13.5. The Hall–Kier alpha value is -1.35. The van der Waals surface area contributed by atoms with Crippen LogP contribution < -0.4 is 0 Å². The fourth-order valence-corrected chi connectivity index (χ4v) is 3.24. The van der Waals surface area contributed by atoms with Crippen LogP contribution in [0.1, 0.15) is 61.4 Å². The second-order valence-corrected chi connectivity index (χ2v) is 5.73. The maximum Gasteiger partial charge on any atom is 0.257 e. The van der Waals surface area contributed by atoms with E-state index in [-0.39, 0.29) is 11.9 Å². The molecule has 3 rings (SSSR count). The topological polar surface area (TPSA) is 40.5 Å². The number of carbonyl (C=O) groups is 1. The highest BCUT2D eigenvalue weighted by molar-refractivity contribution is 6.00. The van der Waals surface area contributed by atoms with Crippen LogP contribution in [0.2, 0.25) is 0 Å². The normalized spacial score (nSPS) is 26.4. The number of unbranched alkanes of at least 4 members (excludes halogenated alkanes) is 1. The van der Waals surface area contributed by atoms with Gasteiger partial charge in [-0.2, -0.15) is 0 Å². The van der Waals surface area contributed by atoms with Crippen LogP contribution in [0.4, 0.5) is 0 Å². The molecule has 0 aromatic heterocycles. The van der Waals surface area contributed by atoms with Crippen LogP contribution in [-0.2, 0) is 5.72 Å². The smallest absolute Gasteiger partial charge is 0.257 e. The molecule has 1 aliphatic heterocycles. The number of nitrogens with zero attached hydrogens (tertiary/aromatic N) is 1. The maximum atomic E-state index is 12.6. The van der Waals surface area contributed by atoms with Crippen molar-refractivity contribution in [1.29, 1.82) is 0 Å². The summed E-state index contributed by atoms with van der Waals surface area (Å²) in [6, 6.07) is 7.75. The Morgan fingerprint density at radius 2 is 2.11 bits per heavy atom. The third-order valence-corrected chi connectivity index (χ3v) is 4.52. The van der Waals surface area contributed by atoms with E-state index in [1.54, 1.807) is 4.90 Å². The summed E-state index contributed by atoms with van der Waals surface area (Å²) in [7, 11) is 0. The van der Waals surface area contributed by atoms with Crippen molar-refractivity contribution < 1.29 is 9.90 Å². The third kappa shape index (κ3) is 1.79. The number of benzene rings is 1. The van der Waals surface area contributed by atoms with Gasteiger partial charge in [-0.15, -0.1) is 0 Å². The fourth-order valence-electron chi connectivity index (χ4n) is 3.24. The van der Waals surface area contributed by atoms with Gasteiger partial charge in [0.2, 0.25) is 0 Å². The minimum atomic E-state index is -1.07. The number of carbonyl (C=O) groups excluding carboxylic acids is 1. The number of fused-ring (bicyclic) bond motifs is 1. The highest BCUT2D eigenvalue weighted by Crippen LogP contribution is 2.45. The molecule has 19 heavy (non-hydrogen) atoms. The number of aliphatic hydroxyl groups is 1. The molecule has 102 valence electrons. The maximum absolute atomic E-state index is 12.6. The highest BCUT2D eigenvalue weighted by Gasteiger charge is 2.51. The van der Waals surface area contributed by atoms with E-state index >= 15 is 0 Å². The molecule has 1 heterocycles. The third-order valence-electron chi connectivity index (χ3n) is 4.52. The van der Waals surface area contributed by atoms with Gasteiger partial charge in [-0.25, -0.2) is 0 Å². The van der Waals surface area contributed by atoms with E-state index in [1.165, 1.54) is 0 Å². The molecule has 0 spiro atoms. The van der Waals surface area contributed by atoms with Crippen LogP contribution in [0, 0.1) is 0 Å². The summed E-state index contributed by atoms with van der Waals surface area (Å²) in [5, 5.41) is 11.1. The number of hydrogen-bond acceptors (Lipinski definition) is 2. The zero-order valence-corrected chi connectivity index (χ0v) is 11.4. The second kappa shape index (κ2) is 4.64. The van der Waals surface area contributed by atoms with Crippen molar-refractivity contribution in [2.75, 3.05) is 0 Å². The summed E-state index contributed by atoms with van der Waals surface area (Å²) < 4.78 is 0. The molecule has 0 bridgehead atoms. The van der Waals surface area contributed by atoms with Crippen LogP contribution in [0.5, 0.6) is 0 Å². The first-order valence-electron chi connectivity index (χ1n) is 7.34. The SMILES string of the molecule is CCCCC1(O)c2ccccc2C(=O)N1C1CCC1. The van der Waals surface area contributed by atoms with Crippen LogP contribution >= 0.6 is 0 Å². The average molecular weight is 259 g/mol. The van der Waals surface area contributed by atoms with Crippen molar-refractivity contribution in [2.45, 2.75) is 57.2 Å². The predicted octanol–water partition coefficient (Wildman–Crippen LogP) is 3.03. The Morgan fingerprint density at radius 1 is 1.37 bits per heavy atom. The van der Waals surface area contributed by atoms with Crippen molar-refractivity contribution >= 4 is 5.91 Å². The molecule has 2 aliphatic rings. The molecule has 1 amide bonds. The van der Waals surface area contributed by atoms with Crippen LogP contribution in [0.3, 0.4) is 0 Å². The Morgan fingerprint density at radius 3 is 2.74 bits per heavy atom. The molecular weight excluding hydrogens is 238 g/mol. The van der Waals surface area contributed by atoms with E-state index in [4.69, 9.17) is 0 Å². The van der Waals surface area contributed by atoms with Gasteiger partial charge in [0.25, 0.3) is 5.91 Å².